The number of nitrogens with zero attached hydrogens (tertiary/aromatic N) is 2. The smallest absolute Gasteiger partial charge is 0.330 e. The molecule has 18 atom stereocenters. The maximum atomic E-state index is 14.3. The number of aliphatic hydroxyl groups excluding tert-OH is 2. The lowest BCUT2D eigenvalue weighted by atomic mass is 9.77. The molecule has 0 bridgehead atoms. The average Bonchev–Trinajstić information content (AvgIpc) is 3.11. The molecule has 3 fully saturated rings. The van der Waals surface area contributed by atoms with Crippen LogP contribution >= 0.6 is 0 Å². The third-order valence-corrected chi connectivity index (χ3v) is 12.6. The van der Waals surface area contributed by atoms with Crippen molar-refractivity contribution < 1.29 is 63.2 Å². The van der Waals surface area contributed by atoms with Gasteiger partial charge in [0.05, 0.1) is 35.9 Å². The van der Waals surface area contributed by atoms with E-state index in [0.29, 0.717) is 13.0 Å². The van der Waals surface area contributed by atoms with E-state index in [0.717, 1.165) is 6.08 Å². The van der Waals surface area contributed by atoms with Gasteiger partial charge in [-0.25, -0.2) is 4.79 Å². The second-order valence-corrected chi connectivity index (χ2v) is 17.8. The van der Waals surface area contributed by atoms with Crippen molar-refractivity contribution in [1.82, 2.24) is 9.80 Å². The molecule has 3 saturated heterocycles. The lowest BCUT2D eigenvalue weighted by molar-refractivity contribution is -0.318. The third kappa shape index (κ3) is 11.1. The molecule has 0 aromatic heterocycles. The van der Waals surface area contributed by atoms with Crippen LogP contribution in [0, 0.1) is 17.8 Å². The number of hydrogen-bond donors (Lipinski definition) is 4. The number of aliphatic hydroxyl groups is 4. The summed E-state index contributed by atoms with van der Waals surface area (Å²) in [5, 5.41) is 47.5. The van der Waals surface area contributed by atoms with Crippen molar-refractivity contribution in [3.05, 3.63) is 12.7 Å². The average molecular weight is 803 g/mol. The molecule has 56 heavy (non-hydrogen) atoms. The molecule has 0 spiro atoms. The highest BCUT2D eigenvalue weighted by atomic mass is 16.7. The van der Waals surface area contributed by atoms with Crippen LogP contribution in [0.5, 0.6) is 0 Å². The molecule has 0 amide bonds. The molecule has 326 valence electrons. The largest absolute Gasteiger partial charge is 0.459 e. The quantitative estimate of drug-likeness (QED) is 0.197. The van der Waals surface area contributed by atoms with Gasteiger partial charge < -0.3 is 63.4 Å². The van der Waals surface area contributed by atoms with Crippen molar-refractivity contribution in [1.29, 1.82) is 0 Å². The fourth-order valence-corrected chi connectivity index (χ4v) is 9.12. The van der Waals surface area contributed by atoms with E-state index in [2.05, 4.69) is 6.58 Å². The topological polar surface area (TPSA) is 186 Å². The van der Waals surface area contributed by atoms with E-state index < -0.39 is 102 Å². The Hall–Kier alpha value is -1.76. The Balaban J connectivity index is 2.18. The van der Waals surface area contributed by atoms with Gasteiger partial charge in [0, 0.05) is 44.2 Å². The molecule has 0 unspecified atom stereocenters. The number of ether oxygens (including phenoxy) is 7. The highest BCUT2D eigenvalue weighted by molar-refractivity contribution is 5.81. The minimum absolute atomic E-state index is 0.0854. The fourth-order valence-electron chi connectivity index (χ4n) is 9.12. The van der Waals surface area contributed by atoms with Crippen LogP contribution in [0.25, 0.3) is 0 Å². The predicted octanol–water partition coefficient (Wildman–Crippen LogP) is 2.64. The molecule has 0 radical (unpaired) electrons. The standard InChI is InChI=1S/C41H74N2O13/c1-16-29-41(11,49)34(46)26(7)43(14)21-22(3)19-39(9,48)35(56-38-32(45)28(42(12)13)18-23(4)51-38)24(5)33(25(6)37(47)53-29)55-31-20-40(10,50-15)36(27(8)52-31)54-30(44)17-2/h17,22-29,31-36,38,45-46,48-49H,2,16,18-21H2,1,3-15H3/t22-,23-,24+,25-,26-,27+,28+,29-,31+,32-,33+,34-,35-,36+,38+,39-,40-,41-/m1/s1. The maximum Gasteiger partial charge on any atom is 0.330 e. The molecule has 4 N–H and O–H groups in total. The molecule has 15 nitrogen and oxygen atoms in total. The first kappa shape index (κ1) is 48.6. The van der Waals surface area contributed by atoms with Crippen LogP contribution in [0.4, 0.5) is 0 Å². The predicted molar refractivity (Wildman–Crippen MR) is 208 cm³/mol. The first-order chi connectivity index (χ1) is 25.8. The van der Waals surface area contributed by atoms with E-state index in [1.165, 1.54) is 14.0 Å². The van der Waals surface area contributed by atoms with E-state index in [-0.39, 0.29) is 37.3 Å². The highest BCUT2D eigenvalue weighted by Gasteiger charge is 2.53. The molecule has 0 aromatic carbocycles. The number of rotatable bonds is 9. The Morgan fingerprint density at radius 1 is 1.02 bits per heavy atom. The zero-order valence-electron chi connectivity index (χ0n) is 36.3. The van der Waals surface area contributed by atoms with Crippen LogP contribution in [0.1, 0.15) is 94.9 Å². The first-order valence-electron chi connectivity index (χ1n) is 20.2. The van der Waals surface area contributed by atoms with Crippen LogP contribution in [0.3, 0.4) is 0 Å². The van der Waals surface area contributed by atoms with Gasteiger partial charge >= 0.3 is 11.9 Å². The van der Waals surface area contributed by atoms with Crippen molar-refractivity contribution >= 4 is 11.9 Å². The molecule has 0 aliphatic carbocycles. The van der Waals surface area contributed by atoms with E-state index >= 15 is 0 Å². The zero-order valence-corrected chi connectivity index (χ0v) is 36.3. The van der Waals surface area contributed by atoms with Gasteiger partial charge in [-0.2, -0.15) is 0 Å². The summed E-state index contributed by atoms with van der Waals surface area (Å²) in [6, 6.07) is -0.849. The minimum Gasteiger partial charge on any atom is -0.459 e. The van der Waals surface area contributed by atoms with E-state index in [1.807, 2.05) is 44.8 Å². The van der Waals surface area contributed by atoms with Gasteiger partial charge in [0.1, 0.15) is 29.5 Å². The molecule has 15 heteroatoms. The highest BCUT2D eigenvalue weighted by Crippen LogP contribution is 2.41. The summed E-state index contributed by atoms with van der Waals surface area (Å²) >= 11 is 0. The lowest BCUT2D eigenvalue weighted by Crippen LogP contribution is -2.61. The van der Waals surface area contributed by atoms with Crippen LogP contribution in [-0.4, -0.2) is 167 Å². The van der Waals surface area contributed by atoms with Gasteiger partial charge in [-0.1, -0.05) is 27.4 Å². The molecule has 0 saturated carbocycles. The second-order valence-electron chi connectivity index (χ2n) is 17.8. The Morgan fingerprint density at radius 3 is 2.20 bits per heavy atom. The molecular weight excluding hydrogens is 728 g/mol. The SMILES string of the molecule is C=CC(=O)O[C@H]1[C@H](C)O[C@@H](O[C@H]2[C@H](C)[C@@H](O[C@@H]3O[C@H](C)C[C@H](N(C)C)[C@H]3O)[C@](C)(O)C[C@@H](C)CN(C)[C@H](C)[C@@H](O)[C@](C)(O)[C@@H](CC)OC(=O)[C@@H]2C)C[C@@]1(C)OC. The molecule has 3 heterocycles. The van der Waals surface area contributed by atoms with Gasteiger partial charge in [0.15, 0.2) is 18.7 Å². The van der Waals surface area contributed by atoms with Gasteiger partial charge in [0.25, 0.3) is 0 Å². The zero-order chi connectivity index (χ0) is 42.7. The van der Waals surface area contributed by atoms with Gasteiger partial charge in [-0.05, 0) is 94.8 Å². The van der Waals surface area contributed by atoms with E-state index in [4.69, 9.17) is 33.2 Å². The lowest BCUT2D eigenvalue weighted by Gasteiger charge is -2.49. The number of carbonyl (C=O) groups is 2. The van der Waals surface area contributed by atoms with Crippen molar-refractivity contribution in [3.63, 3.8) is 0 Å². The molecule has 3 aliphatic rings. The summed E-state index contributed by atoms with van der Waals surface area (Å²) in [4.78, 5) is 30.5. The molecule has 3 aliphatic heterocycles. The fraction of sp³-hybridized carbons (Fsp3) is 0.902. The summed E-state index contributed by atoms with van der Waals surface area (Å²) in [5.41, 5.74) is -4.49. The van der Waals surface area contributed by atoms with Gasteiger partial charge in [-0.3, -0.25) is 4.79 Å². The summed E-state index contributed by atoms with van der Waals surface area (Å²) in [7, 11) is 7.09. The van der Waals surface area contributed by atoms with Crippen molar-refractivity contribution in [2.75, 3.05) is 34.8 Å². The van der Waals surface area contributed by atoms with Gasteiger partial charge in [0.2, 0.25) is 0 Å². The summed E-state index contributed by atoms with van der Waals surface area (Å²) in [5.74, 6) is -3.36. The number of likely N-dealkylation sites (N-methyl/N-ethyl adjacent to an activating group) is 2. The Bertz CT molecular complexity index is 1300. The van der Waals surface area contributed by atoms with Crippen LogP contribution in [0.15, 0.2) is 12.7 Å². The number of esters is 2. The van der Waals surface area contributed by atoms with E-state index in [1.54, 1.807) is 48.5 Å². The Kier molecular flexibility index (Phi) is 17.0. The third-order valence-electron chi connectivity index (χ3n) is 12.6. The van der Waals surface area contributed by atoms with Gasteiger partial charge in [-0.15, -0.1) is 0 Å². The molecule has 3 rings (SSSR count). The number of carbonyl (C=O) groups excluding carboxylic acids is 2. The summed E-state index contributed by atoms with van der Waals surface area (Å²) < 4.78 is 43.7. The summed E-state index contributed by atoms with van der Waals surface area (Å²) in [6.07, 6.45) is -7.42. The second kappa shape index (κ2) is 19.5. The van der Waals surface area contributed by atoms with Crippen molar-refractivity contribution in [3.8, 4) is 0 Å². The summed E-state index contributed by atoms with van der Waals surface area (Å²) in [6.45, 7) is 21.5. The Labute approximate surface area is 334 Å². The van der Waals surface area contributed by atoms with Crippen LogP contribution < -0.4 is 0 Å². The monoisotopic (exact) mass is 803 g/mol. The van der Waals surface area contributed by atoms with Crippen molar-refractivity contribution in [2.45, 2.75) is 185 Å². The number of methoxy groups -OCH3 is 1. The van der Waals surface area contributed by atoms with Crippen LogP contribution in [0.2, 0.25) is 0 Å². The van der Waals surface area contributed by atoms with Crippen molar-refractivity contribution in [2.24, 2.45) is 17.8 Å². The van der Waals surface area contributed by atoms with E-state index in [9.17, 15) is 30.0 Å². The number of cyclic esters (lactones) is 1. The van der Waals surface area contributed by atoms with Crippen LogP contribution in [-0.2, 0) is 42.7 Å². The maximum absolute atomic E-state index is 14.3. The minimum atomic E-state index is -1.82. The molecular formula is C41H74N2O13. The Morgan fingerprint density at radius 2 is 1.64 bits per heavy atom. The first-order valence-corrected chi connectivity index (χ1v) is 20.2. The number of hydrogen-bond acceptors (Lipinski definition) is 15. The normalized spacial score (nSPS) is 46.7. The molecule has 0 aromatic rings.